The smallest absolute Gasteiger partial charge is 0.155 e. The van der Waals surface area contributed by atoms with Crippen molar-refractivity contribution in [3.63, 3.8) is 0 Å². The molecule has 7 heteroatoms. The Kier molecular flexibility index (Phi) is 5.55. The van der Waals surface area contributed by atoms with Gasteiger partial charge in [0, 0.05) is 43.4 Å². The zero-order valence-corrected chi connectivity index (χ0v) is 15.3. The van der Waals surface area contributed by atoms with Crippen molar-refractivity contribution in [2.75, 3.05) is 20.3 Å². The molecule has 0 spiro atoms. The molecule has 0 aliphatic carbocycles. The highest BCUT2D eigenvalue weighted by atomic mass is 32.2. The Balaban J connectivity index is 1.74. The lowest BCUT2D eigenvalue weighted by molar-refractivity contribution is -0.0971. The van der Waals surface area contributed by atoms with E-state index in [0.29, 0.717) is 18.9 Å². The van der Waals surface area contributed by atoms with Crippen molar-refractivity contribution in [3.8, 4) is 0 Å². The number of hydrogen-bond donors (Lipinski definition) is 1. The Morgan fingerprint density at radius 1 is 1.33 bits per heavy atom. The van der Waals surface area contributed by atoms with Gasteiger partial charge in [0.15, 0.2) is 4.34 Å². The minimum atomic E-state index is -0.313. The van der Waals surface area contributed by atoms with E-state index >= 15 is 0 Å². The van der Waals surface area contributed by atoms with Gasteiger partial charge in [0.2, 0.25) is 0 Å². The van der Waals surface area contributed by atoms with Crippen molar-refractivity contribution >= 4 is 28.8 Å². The number of methoxy groups -OCH3 is 1. The summed E-state index contributed by atoms with van der Waals surface area (Å²) >= 11 is 3.26. The van der Waals surface area contributed by atoms with E-state index in [2.05, 4.69) is 10.5 Å². The fourth-order valence-corrected chi connectivity index (χ4v) is 4.58. The van der Waals surface area contributed by atoms with Gasteiger partial charge in [-0.3, -0.25) is 0 Å². The summed E-state index contributed by atoms with van der Waals surface area (Å²) in [6, 6.07) is 7.91. The molecule has 2 aromatic rings. The van der Waals surface area contributed by atoms with E-state index in [1.807, 2.05) is 24.3 Å². The Morgan fingerprint density at radius 2 is 2.04 bits per heavy atom. The highest BCUT2D eigenvalue weighted by Crippen LogP contribution is 2.39. The Morgan fingerprint density at radius 3 is 2.67 bits per heavy atom. The van der Waals surface area contributed by atoms with Crippen molar-refractivity contribution in [3.05, 3.63) is 40.9 Å². The largest absolute Gasteiger partial charge is 0.411 e. The van der Waals surface area contributed by atoms with Gasteiger partial charge in [0.1, 0.15) is 5.60 Å². The van der Waals surface area contributed by atoms with Crippen molar-refractivity contribution in [2.45, 2.75) is 34.6 Å². The highest BCUT2D eigenvalue weighted by Gasteiger charge is 2.36. The lowest BCUT2D eigenvalue weighted by Gasteiger charge is -2.34. The summed E-state index contributed by atoms with van der Waals surface area (Å²) in [6.07, 6.45) is 1.68. The predicted octanol–water partition coefficient (Wildman–Crippen LogP) is 4.14. The van der Waals surface area contributed by atoms with Crippen LogP contribution in [0.3, 0.4) is 0 Å². The first-order chi connectivity index (χ1) is 11.7. The maximum Gasteiger partial charge on any atom is 0.155 e. The maximum absolute atomic E-state index is 8.82. The van der Waals surface area contributed by atoms with Crippen LogP contribution in [0.25, 0.3) is 0 Å². The molecule has 5 nitrogen and oxygen atoms in total. The third kappa shape index (κ3) is 3.64. The van der Waals surface area contributed by atoms with Crippen molar-refractivity contribution < 1.29 is 14.7 Å². The van der Waals surface area contributed by atoms with Gasteiger partial charge < -0.3 is 14.7 Å². The molecule has 0 amide bonds. The van der Waals surface area contributed by atoms with Gasteiger partial charge >= 0.3 is 0 Å². The quantitative estimate of drug-likeness (QED) is 0.491. The second-order valence-electron chi connectivity index (χ2n) is 5.62. The number of thiazole rings is 1. The van der Waals surface area contributed by atoms with Crippen LogP contribution in [-0.2, 0) is 15.1 Å². The number of rotatable bonds is 5. The number of aromatic nitrogens is 1. The van der Waals surface area contributed by atoms with Crippen molar-refractivity contribution in [1.82, 2.24) is 4.98 Å². The van der Waals surface area contributed by atoms with Gasteiger partial charge in [0.25, 0.3) is 0 Å². The van der Waals surface area contributed by atoms with Crippen LogP contribution < -0.4 is 0 Å². The van der Waals surface area contributed by atoms with Gasteiger partial charge in [-0.25, -0.2) is 4.98 Å². The van der Waals surface area contributed by atoms with Crippen LogP contribution in [0.1, 0.15) is 31.0 Å². The third-order valence-corrected chi connectivity index (χ3v) is 6.21. The Bertz CT molecular complexity index is 707. The second kappa shape index (κ2) is 7.65. The summed E-state index contributed by atoms with van der Waals surface area (Å²) in [4.78, 5) is 5.88. The molecular formula is C17H20N2O3S2. The van der Waals surface area contributed by atoms with E-state index in [4.69, 9.17) is 19.7 Å². The molecule has 0 unspecified atom stereocenters. The molecule has 0 radical (unpaired) electrons. The zero-order chi connectivity index (χ0) is 17.0. The SMILES string of the molecule is COC1(c2csc(Sc3ccc(C(C)=NO)cc3)n2)CCOCC1. The molecular weight excluding hydrogens is 344 g/mol. The molecule has 2 heterocycles. The fourth-order valence-electron chi connectivity index (χ4n) is 2.70. The van der Waals surface area contributed by atoms with Gasteiger partial charge in [-0.05, 0) is 24.6 Å². The summed E-state index contributed by atoms with van der Waals surface area (Å²) in [5, 5.41) is 14.1. The van der Waals surface area contributed by atoms with Crippen LogP contribution in [0.2, 0.25) is 0 Å². The number of nitrogens with zero attached hydrogens (tertiary/aromatic N) is 2. The van der Waals surface area contributed by atoms with Crippen molar-refractivity contribution in [2.24, 2.45) is 5.16 Å². The summed E-state index contributed by atoms with van der Waals surface area (Å²) in [5.74, 6) is 0. The van der Waals surface area contributed by atoms with Crippen LogP contribution in [0.5, 0.6) is 0 Å². The van der Waals surface area contributed by atoms with Crippen LogP contribution in [-0.4, -0.2) is 36.2 Å². The Labute approximate surface area is 149 Å². The molecule has 1 aromatic carbocycles. The van der Waals surface area contributed by atoms with E-state index in [1.54, 1.807) is 37.1 Å². The topological polar surface area (TPSA) is 63.9 Å². The Hall–Kier alpha value is -1.41. The molecule has 1 aromatic heterocycles. The molecule has 1 fully saturated rings. The summed E-state index contributed by atoms with van der Waals surface area (Å²) in [5.41, 5.74) is 2.19. The van der Waals surface area contributed by atoms with Crippen LogP contribution in [0.15, 0.2) is 44.0 Å². The standard InChI is InChI=1S/C17H20N2O3S2/c1-12(19-20)13-3-5-14(6-4-13)24-16-18-15(11-23-16)17(21-2)7-9-22-10-8-17/h3-6,11,20H,7-10H2,1-2H3. The molecule has 1 aliphatic rings. The molecule has 3 rings (SSSR count). The van der Waals surface area contributed by atoms with E-state index in [1.165, 1.54) is 0 Å². The molecule has 1 saturated heterocycles. The summed E-state index contributed by atoms with van der Waals surface area (Å²) < 4.78 is 12.2. The molecule has 24 heavy (non-hydrogen) atoms. The first-order valence-electron chi connectivity index (χ1n) is 7.73. The van der Waals surface area contributed by atoms with Crippen LogP contribution in [0.4, 0.5) is 0 Å². The second-order valence-corrected chi connectivity index (χ2v) is 7.80. The molecule has 128 valence electrons. The normalized spacial score (nSPS) is 17.8. The average Bonchev–Trinajstić information content (AvgIpc) is 3.11. The van der Waals surface area contributed by atoms with E-state index in [9.17, 15) is 0 Å². The van der Waals surface area contributed by atoms with Gasteiger partial charge in [-0.2, -0.15) is 0 Å². The first-order valence-corrected chi connectivity index (χ1v) is 9.42. The van der Waals surface area contributed by atoms with E-state index < -0.39 is 0 Å². The summed E-state index contributed by atoms with van der Waals surface area (Å²) in [6.45, 7) is 3.19. The predicted molar refractivity (Wildman–Crippen MR) is 95.4 cm³/mol. The van der Waals surface area contributed by atoms with Gasteiger partial charge in [-0.1, -0.05) is 29.1 Å². The van der Waals surface area contributed by atoms with Gasteiger partial charge in [0.05, 0.1) is 11.4 Å². The summed E-state index contributed by atoms with van der Waals surface area (Å²) in [7, 11) is 1.75. The minimum absolute atomic E-state index is 0.313. The molecule has 1 aliphatic heterocycles. The lowest BCUT2D eigenvalue weighted by atomic mass is 9.91. The van der Waals surface area contributed by atoms with Gasteiger partial charge in [-0.15, -0.1) is 11.3 Å². The number of oxime groups is 1. The highest BCUT2D eigenvalue weighted by molar-refractivity contribution is 8.01. The van der Waals surface area contributed by atoms with E-state index in [-0.39, 0.29) is 5.60 Å². The third-order valence-electron chi connectivity index (χ3n) is 4.27. The van der Waals surface area contributed by atoms with Crippen LogP contribution in [0, 0.1) is 0 Å². The molecule has 0 saturated carbocycles. The molecule has 0 atom stereocenters. The average molecular weight is 364 g/mol. The number of ether oxygens (including phenoxy) is 2. The fraction of sp³-hybridized carbons (Fsp3) is 0.412. The minimum Gasteiger partial charge on any atom is -0.411 e. The molecule has 0 bridgehead atoms. The lowest BCUT2D eigenvalue weighted by Crippen LogP contribution is -2.35. The molecule has 1 N–H and O–H groups in total. The van der Waals surface area contributed by atoms with Crippen LogP contribution >= 0.6 is 23.1 Å². The van der Waals surface area contributed by atoms with Crippen molar-refractivity contribution in [1.29, 1.82) is 0 Å². The number of hydrogen-bond acceptors (Lipinski definition) is 7. The number of benzene rings is 1. The zero-order valence-electron chi connectivity index (χ0n) is 13.7. The first kappa shape index (κ1) is 17.4. The maximum atomic E-state index is 8.82. The van der Waals surface area contributed by atoms with E-state index in [0.717, 1.165) is 33.3 Å². The monoisotopic (exact) mass is 364 g/mol.